The maximum absolute atomic E-state index is 12.5. The Bertz CT molecular complexity index is 641. The lowest BCUT2D eigenvalue weighted by molar-refractivity contribution is -0.138. The first-order chi connectivity index (χ1) is 11.5. The van der Waals surface area contributed by atoms with Crippen molar-refractivity contribution in [2.45, 2.75) is 32.6 Å². The minimum absolute atomic E-state index is 0.0256. The molecule has 2 unspecified atom stereocenters. The SMILES string of the molecule is COc1cccc(CN/C=C(/C#N)C(=O)N2CC(C)OC(C)C2)c1. The number of amides is 1. The molecule has 1 heterocycles. The molecule has 1 N–H and O–H groups in total. The summed E-state index contributed by atoms with van der Waals surface area (Å²) in [6.07, 6.45) is 1.43. The first-order valence-corrected chi connectivity index (χ1v) is 7.94. The summed E-state index contributed by atoms with van der Waals surface area (Å²) in [4.78, 5) is 14.2. The van der Waals surface area contributed by atoms with Crippen molar-refractivity contribution >= 4 is 5.91 Å². The highest BCUT2D eigenvalue weighted by atomic mass is 16.5. The molecular weight excluding hydrogens is 306 g/mol. The Morgan fingerprint density at radius 1 is 1.46 bits per heavy atom. The lowest BCUT2D eigenvalue weighted by atomic mass is 10.2. The fraction of sp³-hybridized carbons (Fsp3) is 0.444. The molecule has 2 rings (SSSR count). The van der Waals surface area contributed by atoms with Crippen LogP contribution in [-0.4, -0.2) is 43.2 Å². The maximum Gasteiger partial charge on any atom is 0.266 e. The van der Waals surface area contributed by atoms with Crippen molar-refractivity contribution in [1.82, 2.24) is 10.2 Å². The zero-order chi connectivity index (χ0) is 17.5. The van der Waals surface area contributed by atoms with Crippen LogP contribution in [0.4, 0.5) is 0 Å². The number of hydrogen-bond acceptors (Lipinski definition) is 5. The van der Waals surface area contributed by atoms with Gasteiger partial charge in [-0.3, -0.25) is 4.79 Å². The number of hydrogen-bond donors (Lipinski definition) is 1. The quantitative estimate of drug-likeness (QED) is 0.659. The maximum atomic E-state index is 12.5. The number of nitriles is 1. The third-order valence-corrected chi connectivity index (χ3v) is 3.74. The molecule has 0 spiro atoms. The summed E-state index contributed by atoms with van der Waals surface area (Å²) in [5.74, 6) is 0.504. The van der Waals surface area contributed by atoms with E-state index in [9.17, 15) is 10.1 Å². The summed E-state index contributed by atoms with van der Waals surface area (Å²) in [6.45, 7) is 5.35. The second-order valence-corrected chi connectivity index (χ2v) is 5.87. The van der Waals surface area contributed by atoms with E-state index in [1.165, 1.54) is 6.20 Å². The minimum Gasteiger partial charge on any atom is -0.497 e. The molecule has 1 aromatic carbocycles. The monoisotopic (exact) mass is 329 g/mol. The standard InChI is InChI=1S/C18H23N3O3/c1-13-11-21(12-14(2)24-13)18(22)16(8-19)10-20-9-15-5-4-6-17(7-15)23-3/h4-7,10,13-14,20H,9,11-12H2,1-3H3/b16-10-. The van der Waals surface area contributed by atoms with E-state index >= 15 is 0 Å². The second-order valence-electron chi connectivity index (χ2n) is 5.87. The number of carbonyl (C=O) groups is 1. The summed E-state index contributed by atoms with van der Waals surface area (Å²) in [7, 11) is 1.61. The molecule has 1 aliphatic heterocycles. The van der Waals surface area contributed by atoms with Gasteiger partial charge in [0.05, 0.1) is 19.3 Å². The molecule has 1 saturated heterocycles. The average molecular weight is 329 g/mol. The molecule has 128 valence electrons. The summed E-state index contributed by atoms with van der Waals surface area (Å²) in [6, 6.07) is 9.59. The van der Waals surface area contributed by atoms with Crippen molar-refractivity contribution in [3.05, 3.63) is 41.6 Å². The first kappa shape index (κ1) is 17.8. The number of benzene rings is 1. The van der Waals surface area contributed by atoms with Crippen LogP contribution in [0.3, 0.4) is 0 Å². The summed E-state index contributed by atoms with van der Waals surface area (Å²) in [5, 5.41) is 12.3. The van der Waals surface area contributed by atoms with E-state index in [1.807, 2.05) is 44.2 Å². The van der Waals surface area contributed by atoms with Gasteiger partial charge in [-0.1, -0.05) is 12.1 Å². The van der Waals surface area contributed by atoms with Gasteiger partial charge in [0.15, 0.2) is 0 Å². The highest BCUT2D eigenvalue weighted by molar-refractivity contribution is 5.97. The molecule has 0 aliphatic carbocycles. The Hall–Kier alpha value is -2.52. The molecule has 0 saturated carbocycles. The highest BCUT2D eigenvalue weighted by Gasteiger charge is 2.27. The zero-order valence-electron chi connectivity index (χ0n) is 14.3. The van der Waals surface area contributed by atoms with Crippen LogP contribution in [0.2, 0.25) is 0 Å². The number of rotatable bonds is 5. The van der Waals surface area contributed by atoms with Gasteiger partial charge >= 0.3 is 0 Å². The molecule has 1 fully saturated rings. The Labute approximate surface area is 142 Å². The Kier molecular flexibility index (Phi) is 6.21. The molecule has 2 atom stereocenters. The number of methoxy groups -OCH3 is 1. The predicted octanol–water partition coefficient (Wildman–Crippen LogP) is 1.83. The fourth-order valence-corrected chi connectivity index (χ4v) is 2.71. The van der Waals surface area contributed by atoms with Gasteiger partial charge in [-0.15, -0.1) is 0 Å². The number of ether oxygens (including phenoxy) is 2. The van der Waals surface area contributed by atoms with E-state index in [0.717, 1.165) is 11.3 Å². The lowest BCUT2D eigenvalue weighted by Crippen LogP contribution is -2.48. The number of carbonyl (C=O) groups excluding carboxylic acids is 1. The molecule has 6 heteroatoms. The van der Waals surface area contributed by atoms with Crippen LogP contribution in [-0.2, 0) is 16.1 Å². The second kappa shape index (κ2) is 8.37. The summed E-state index contributed by atoms with van der Waals surface area (Å²) in [5.41, 5.74) is 1.10. The van der Waals surface area contributed by atoms with Crippen molar-refractivity contribution in [3.63, 3.8) is 0 Å². The van der Waals surface area contributed by atoms with Crippen molar-refractivity contribution in [3.8, 4) is 11.8 Å². The van der Waals surface area contributed by atoms with Gasteiger partial charge in [0, 0.05) is 25.8 Å². The molecule has 6 nitrogen and oxygen atoms in total. The van der Waals surface area contributed by atoms with Gasteiger partial charge in [0.2, 0.25) is 0 Å². The van der Waals surface area contributed by atoms with E-state index in [2.05, 4.69) is 5.32 Å². The van der Waals surface area contributed by atoms with E-state index in [1.54, 1.807) is 12.0 Å². The van der Waals surface area contributed by atoms with Gasteiger partial charge < -0.3 is 19.7 Å². The molecular formula is C18H23N3O3. The lowest BCUT2D eigenvalue weighted by Gasteiger charge is -2.35. The van der Waals surface area contributed by atoms with Crippen molar-refractivity contribution in [1.29, 1.82) is 5.26 Å². The van der Waals surface area contributed by atoms with Crippen molar-refractivity contribution in [2.24, 2.45) is 0 Å². The number of nitrogens with one attached hydrogen (secondary N) is 1. The predicted molar refractivity (Wildman–Crippen MR) is 90.1 cm³/mol. The van der Waals surface area contributed by atoms with Crippen molar-refractivity contribution < 1.29 is 14.3 Å². The first-order valence-electron chi connectivity index (χ1n) is 7.94. The number of morpholine rings is 1. The summed E-state index contributed by atoms with van der Waals surface area (Å²) < 4.78 is 10.8. The molecule has 1 aliphatic rings. The molecule has 1 amide bonds. The number of nitrogens with zero attached hydrogens (tertiary/aromatic N) is 2. The van der Waals surface area contributed by atoms with Gasteiger partial charge in [0.1, 0.15) is 17.4 Å². The molecule has 1 aromatic rings. The third kappa shape index (κ3) is 4.74. The topological polar surface area (TPSA) is 74.6 Å². The molecule has 0 aromatic heterocycles. The Balaban J connectivity index is 1.98. The van der Waals surface area contributed by atoms with Crippen LogP contribution in [0, 0.1) is 11.3 Å². The van der Waals surface area contributed by atoms with Gasteiger partial charge in [-0.2, -0.15) is 5.26 Å². The van der Waals surface area contributed by atoms with Crippen LogP contribution in [0.1, 0.15) is 19.4 Å². The normalized spacial score (nSPS) is 21.1. The molecule has 0 radical (unpaired) electrons. The Morgan fingerprint density at radius 2 is 2.17 bits per heavy atom. The largest absolute Gasteiger partial charge is 0.497 e. The highest BCUT2D eigenvalue weighted by Crippen LogP contribution is 2.14. The van der Waals surface area contributed by atoms with E-state index < -0.39 is 0 Å². The van der Waals surface area contributed by atoms with E-state index in [4.69, 9.17) is 9.47 Å². The van der Waals surface area contributed by atoms with Crippen molar-refractivity contribution in [2.75, 3.05) is 20.2 Å². The van der Waals surface area contributed by atoms with E-state index in [-0.39, 0.29) is 23.7 Å². The Morgan fingerprint density at radius 3 is 2.79 bits per heavy atom. The van der Waals surface area contributed by atoms with Gasteiger partial charge in [-0.05, 0) is 31.5 Å². The fourth-order valence-electron chi connectivity index (χ4n) is 2.71. The van der Waals surface area contributed by atoms with Crippen LogP contribution in [0.5, 0.6) is 5.75 Å². The molecule has 24 heavy (non-hydrogen) atoms. The third-order valence-electron chi connectivity index (χ3n) is 3.74. The summed E-state index contributed by atoms with van der Waals surface area (Å²) >= 11 is 0. The van der Waals surface area contributed by atoms with Gasteiger partial charge in [0.25, 0.3) is 5.91 Å². The van der Waals surface area contributed by atoms with Gasteiger partial charge in [-0.25, -0.2) is 0 Å². The molecule has 0 bridgehead atoms. The zero-order valence-corrected chi connectivity index (χ0v) is 14.3. The van der Waals surface area contributed by atoms with Crippen LogP contribution < -0.4 is 10.1 Å². The van der Waals surface area contributed by atoms with Crippen LogP contribution in [0.15, 0.2) is 36.0 Å². The average Bonchev–Trinajstić information content (AvgIpc) is 2.57. The smallest absolute Gasteiger partial charge is 0.266 e. The minimum atomic E-state index is -0.266. The van der Waals surface area contributed by atoms with E-state index in [0.29, 0.717) is 19.6 Å². The van der Waals surface area contributed by atoms with Crippen LogP contribution >= 0.6 is 0 Å². The van der Waals surface area contributed by atoms with Crippen LogP contribution in [0.25, 0.3) is 0 Å².